The minimum absolute atomic E-state index is 0.549. The normalized spacial score (nSPS) is 18.4. The van der Waals surface area contributed by atoms with E-state index in [2.05, 4.69) is 41.3 Å². The Balaban J connectivity index is 1.83. The molecule has 1 aromatic rings. The summed E-state index contributed by atoms with van der Waals surface area (Å²) in [6, 6.07) is 4.25. The van der Waals surface area contributed by atoms with E-state index in [9.17, 15) is 0 Å². The summed E-state index contributed by atoms with van der Waals surface area (Å²) in [4.78, 5) is 6.61. The van der Waals surface area contributed by atoms with Crippen molar-refractivity contribution < 1.29 is 0 Å². The number of rotatable bonds is 7. The quantitative estimate of drug-likeness (QED) is 0.829. The van der Waals surface area contributed by atoms with Crippen molar-refractivity contribution >= 4 is 0 Å². The van der Waals surface area contributed by atoms with Gasteiger partial charge in [0.25, 0.3) is 0 Å². The molecule has 0 unspecified atom stereocenters. The Labute approximate surface area is 123 Å². The van der Waals surface area contributed by atoms with E-state index >= 15 is 0 Å². The van der Waals surface area contributed by atoms with E-state index in [0.29, 0.717) is 5.41 Å². The van der Waals surface area contributed by atoms with Crippen LogP contribution in [0.2, 0.25) is 0 Å². The second kappa shape index (κ2) is 7.75. The predicted molar refractivity (Wildman–Crippen MR) is 84.9 cm³/mol. The highest BCUT2D eigenvalue weighted by Gasteiger charge is 2.31. The number of nitrogens with zero attached hydrogens (tertiary/aromatic N) is 2. The number of piperidine rings is 1. The van der Waals surface area contributed by atoms with E-state index in [1.54, 1.807) is 0 Å². The van der Waals surface area contributed by atoms with Gasteiger partial charge in [-0.05, 0) is 68.9 Å². The lowest BCUT2D eigenvalue weighted by Crippen LogP contribution is -2.44. The molecule has 0 aromatic carbocycles. The Morgan fingerprint density at radius 1 is 1.25 bits per heavy atom. The highest BCUT2D eigenvalue weighted by atomic mass is 15.1. The molecule has 0 bridgehead atoms. The van der Waals surface area contributed by atoms with Crippen molar-refractivity contribution in [3.05, 3.63) is 30.1 Å². The van der Waals surface area contributed by atoms with Crippen molar-refractivity contribution in [3.8, 4) is 0 Å². The molecule has 1 fully saturated rings. The molecular formula is C17H29N3. The predicted octanol–water partition coefficient (Wildman–Crippen LogP) is 2.73. The lowest BCUT2D eigenvalue weighted by atomic mass is 9.75. The maximum absolute atomic E-state index is 4.08. The topological polar surface area (TPSA) is 28.2 Å². The Morgan fingerprint density at radius 2 is 1.95 bits per heavy atom. The third-order valence-electron chi connectivity index (χ3n) is 4.58. The van der Waals surface area contributed by atoms with E-state index in [1.165, 1.54) is 50.9 Å². The van der Waals surface area contributed by atoms with Crippen molar-refractivity contribution in [2.45, 2.75) is 39.0 Å². The van der Waals surface area contributed by atoms with Crippen LogP contribution in [0.1, 0.15) is 38.2 Å². The fraction of sp³-hybridized carbons (Fsp3) is 0.706. The molecule has 2 heterocycles. The summed E-state index contributed by atoms with van der Waals surface area (Å²) in [6.45, 7) is 7.09. The van der Waals surface area contributed by atoms with E-state index in [4.69, 9.17) is 0 Å². The second-order valence-corrected chi connectivity index (χ2v) is 6.34. The fourth-order valence-electron chi connectivity index (χ4n) is 3.50. The van der Waals surface area contributed by atoms with E-state index in [-0.39, 0.29) is 0 Å². The molecule has 1 aromatic heterocycles. The molecule has 112 valence electrons. The van der Waals surface area contributed by atoms with Gasteiger partial charge in [0.15, 0.2) is 0 Å². The first-order chi connectivity index (χ1) is 9.74. The highest BCUT2D eigenvalue weighted by molar-refractivity contribution is 5.09. The maximum Gasteiger partial charge on any atom is 0.0270 e. The molecule has 0 saturated carbocycles. The van der Waals surface area contributed by atoms with Crippen molar-refractivity contribution in [2.75, 3.05) is 33.2 Å². The Hall–Kier alpha value is -0.930. The Bertz CT molecular complexity index is 366. The van der Waals surface area contributed by atoms with Gasteiger partial charge in [-0.2, -0.15) is 0 Å². The van der Waals surface area contributed by atoms with Gasteiger partial charge in [-0.25, -0.2) is 0 Å². The van der Waals surface area contributed by atoms with E-state index < -0.39 is 0 Å². The summed E-state index contributed by atoms with van der Waals surface area (Å²) in [5.41, 5.74) is 1.94. The average Bonchev–Trinajstić information content (AvgIpc) is 2.47. The molecule has 2 rings (SSSR count). The van der Waals surface area contributed by atoms with Gasteiger partial charge in [0.05, 0.1) is 0 Å². The molecule has 1 aliphatic rings. The zero-order valence-corrected chi connectivity index (χ0v) is 13.1. The van der Waals surface area contributed by atoms with Gasteiger partial charge in [0.2, 0.25) is 0 Å². The summed E-state index contributed by atoms with van der Waals surface area (Å²) in [7, 11) is 2.28. The number of nitrogens with one attached hydrogen (secondary N) is 1. The van der Waals surface area contributed by atoms with E-state index in [0.717, 1.165) is 13.0 Å². The molecule has 3 nitrogen and oxygen atoms in total. The molecule has 0 radical (unpaired) electrons. The smallest absolute Gasteiger partial charge is 0.0270 e. The molecule has 1 aliphatic heterocycles. The standard InChI is InChI=1S/C17H29N3/c1-3-7-17(8-12-19-13-9-17)15-20(2)14-6-16-4-10-18-11-5-16/h4-5,10-11,19H,3,6-9,12-15H2,1-2H3. The molecule has 1 saturated heterocycles. The van der Waals surface area contributed by atoms with Crippen molar-refractivity contribution in [1.29, 1.82) is 0 Å². The lowest BCUT2D eigenvalue weighted by Gasteiger charge is -2.40. The number of likely N-dealkylation sites (N-methyl/N-ethyl adjacent to an activating group) is 1. The summed E-state index contributed by atoms with van der Waals surface area (Å²) < 4.78 is 0. The molecule has 0 amide bonds. The average molecular weight is 275 g/mol. The number of hydrogen-bond acceptors (Lipinski definition) is 3. The van der Waals surface area contributed by atoms with Crippen LogP contribution in [0.5, 0.6) is 0 Å². The number of aromatic nitrogens is 1. The van der Waals surface area contributed by atoms with Crippen LogP contribution in [-0.2, 0) is 6.42 Å². The van der Waals surface area contributed by atoms with Crippen LogP contribution in [0, 0.1) is 5.41 Å². The van der Waals surface area contributed by atoms with Crippen LogP contribution < -0.4 is 5.32 Å². The van der Waals surface area contributed by atoms with Gasteiger partial charge < -0.3 is 10.2 Å². The summed E-state index contributed by atoms with van der Waals surface area (Å²) >= 11 is 0. The van der Waals surface area contributed by atoms with Gasteiger partial charge in [-0.3, -0.25) is 4.98 Å². The van der Waals surface area contributed by atoms with Gasteiger partial charge in [-0.15, -0.1) is 0 Å². The minimum Gasteiger partial charge on any atom is -0.317 e. The van der Waals surface area contributed by atoms with Crippen LogP contribution in [-0.4, -0.2) is 43.1 Å². The van der Waals surface area contributed by atoms with Crippen molar-refractivity contribution in [1.82, 2.24) is 15.2 Å². The van der Waals surface area contributed by atoms with E-state index in [1.807, 2.05) is 12.4 Å². The van der Waals surface area contributed by atoms with Gasteiger partial charge in [-0.1, -0.05) is 13.3 Å². The number of pyridine rings is 1. The molecule has 0 aliphatic carbocycles. The Morgan fingerprint density at radius 3 is 2.60 bits per heavy atom. The van der Waals surface area contributed by atoms with Crippen LogP contribution in [0.25, 0.3) is 0 Å². The minimum atomic E-state index is 0.549. The Kier molecular flexibility index (Phi) is 5.99. The second-order valence-electron chi connectivity index (χ2n) is 6.34. The molecule has 3 heteroatoms. The van der Waals surface area contributed by atoms with Crippen molar-refractivity contribution in [2.24, 2.45) is 5.41 Å². The summed E-state index contributed by atoms with van der Waals surface area (Å²) in [5.74, 6) is 0. The lowest BCUT2D eigenvalue weighted by molar-refractivity contribution is 0.117. The van der Waals surface area contributed by atoms with Crippen molar-refractivity contribution in [3.63, 3.8) is 0 Å². The molecule has 20 heavy (non-hydrogen) atoms. The van der Waals surface area contributed by atoms with Crippen LogP contribution in [0.3, 0.4) is 0 Å². The van der Waals surface area contributed by atoms with Gasteiger partial charge >= 0.3 is 0 Å². The highest BCUT2D eigenvalue weighted by Crippen LogP contribution is 2.34. The monoisotopic (exact) mass is 275 g/mol. The molecule has 0 atom stereocenters. The first-order valence-electron chi connectivity index (χ1n) is 8.02. The van der Waals surface area contributed by atoms with Crippen LogP contribution in [0.15, 0.2) is 24.5 Å². The maximum atomic E-state index is 4.08. The third-order valence-corrected chi connectivity index (χ3v) is 4.58. The zero-order chi connectivity index (χ0) is 14.3. The SMILES string of the molecule is CCCC1(CN(C)CCc2ccncc2)CCNCC1. The summed E-state index contributed by atoms with van der Waals surface area (Å²) in [6.07, 6.45) is 10.2. The fourth-order valence-corrected chi connectivity index (χ4v) is 3.50. The van der Waals surface area contributed by atoms with Crippen LogP contribution in [0.4, 0.5) is 0 Å². The molecular weight excluding hydrogens is 246 g/mol. The first kappa shape index (κ1) is 15.5. The van der Waals surface area contributed by atoms with Gasteiger partial charge in [0.1, 0.15) is 0 Å². The molecule has 0 spiro atoms. The van der Waals surface area contributed by atoms with Gasteiger partial charge in [0, 0.05) is 25.5 Å². The largest absolute Gasteiger partial charge is 0.317 e. The third kappa shape index (κ3) is 4.57. The first-order valence-corrected chi connectivity index (χ1v) is 8.02. The molecule has 1 N–H and O–H groups in total. The zero-order valence-electron chi connectivity index (χ0n) is 13.1. The van der Waals surface area contributed by atoms with Crippen LogP contribution >= 0.6 is 0 Å². The number of hydrogen-bond donors (Lipinski definition) is 1. The summed E-state index contributed by atoms with van der Waals surface area (Å²) in [5, 5.41) is 3.50.